The van der Waals surface area contributed by atoms with Crippen LogP contribution >= 0.6 is 11.6 Å². The summed E-state index contributed by atoms with van der Waals surface area (Å²) in [5, 5.41) is 15.3. The number of aliphatic hydroxyl groups excluding tert-OH is 1. The molecule has 7 heteroatoms. The average molecular weight is 365 g/mol. The topological polar surface area (TPSA) is 79.8 Å². The Kier molecular flexibility index (Phi) is 7.53. The molecule has 2 amide bonds. The maximum atomic E-state index is 12.1. The minimum Gasteiger partial charge on any atom is -0.490 e. The van der Waals surface area contributed by atoms with Gasteiger partial charge in [0.1, 0.15) is 12.4 Å². The van der Waals surface area contributed by atoms with Gasteiger partial charge >= 0.3 is 6.03 Å². The molecule has 0 spiro atoms. The zero-order valence-electron chi connectivity index (χ0n) is 13.9. The molecule has 1 atom stereocenters. The number of hydrogen-bond donors (Lipinski definition) is 3. The van der Waals surface area contributed by atoms with Crippen molar-refractivity contribution in [3.63, 3.8) is 0 Å². The second kappa shape index (κ2) is 9.88. The smallest absolute Gasteiger partial charge is 0.319 e. The lowest BCUT2D eigenvalue weighted by Crippen LogP contribution is -2.34. The van der Waals surface area contributed by atoms with E-state index in [-0.39, 0.29) is 6.61 Å². The minimum absolute atomic E-state index is 0.204. The van der Waals surface area contributed by atoms with E-state index in [1.807, 2.05) is 30.3 Å². The summed E-state index contributed by atoms with van der Waals surface area (Å²) >= 11 is 6.14. The molecule has 2 aromatic carbocycles. The van der Waals surface area contributed by atoms with Crippen LogP contribution < -0.4 is 15.4 Å². The highest BCUT2D eigenvalue weighted by Crippen LogP contribution is 2.27. The van der Waals surface area contributed by atoms with Gasteiger partial charge in [-0.3, -0.25) is 0 Å². The van der Waals surface area contributed by atoms with Crippen LogP contribution in [0.25, 0.3) is 0 Å². The molecule has 0 fully saturated rings. The Hall–Kier alpha value is -2.28. The minimum atomic E-state index is -0.492. The number of carbonyl (C=O) groups excluding carboxylic acids is 1. The summed E-state index contributed by atoms with van der Waals surface area (Å²) < 4.78 is 10.4. The Bertz CT molecular complexity index is 682. The molecule has 0 unspecified atom stereocenters. The van der Waals surface area contributed by atoms with Crippen molar-refractivity contribution in [1.82, 2.24) is 5.32 Å². The molecule has 134 valence electrons. The van der Waals surface area contributed by atoms with Crippen molar-refractivity contribution in [2.45, 2.75) is 6.04 Å². The SMILES string of the molecule is COCCOc1ccc(NC(=O)N[C@H](CO)c2ccccc2)cc1Cl. The molecule has 0 aliphatic heterocycles. The quantitative estimate of drug-likeness (QED) is 0.628. The van der Waals surface area contributed by atoms with E-state index < -0.39 is 12.1 Å². The van der Waals surface area contributed by atoms with Gasteiger partial charge in [0.2, 0.25) is 0 Å². The normalized spacial score (nSPS) is 11.6. The molecular formula is C18H21ClN2O4. The number of rotatable bonds is 8. The van der Waals surface area contributed by atoms with Crippen molar-refractivity contribution in [3.8, 4) is 5.75 Å². The highest BCUT2D eigenvalue weighted by Gasteiger charge is 2.14. The van der Waals surface area contributed by atoms with Gasteiger partial charge in [0.25, 0.3) is 0 Å². The third kappa shape index (κ3) is 5.94. The van der Waals surface area contributed by atoms with E-state index in [1.54, 1.807) is 25.3 Å². The van der Waals surface area contributed by atoms with E-state index in [0.29, 0.717) is 29.7 Å². The molecule has 2 aromatic rings. The molecule has 2 rings (SSSR count). The number of amides is 2. The lowest BCUT2D eigenvalue weighted by molar-refractivity contribution is 0.146. The van der Waals surface area contributed by atoms with E-state index in [2.05, 4.69) is 10.6 Å². The number of methoxy groups -OCH3 is 1. The summed E-state index contributed by atoms with van der Waals surface area (Å²) in [5.41, 5.74) is 1.34. The first kappa shape index (κ1) is 19.1. The number of ether oxygens (including phenoxy) is 2. The molecule has 25 heavy (non-hydrogen) atoms. The van der Waals surface area contributed by atoms with E-state index in [4.69, 9.17) is 21.1 Å². The zero-order valence-corrected chi connectivity index (χ0v) is 14.6. The Balaban J connectivity index is 1.94. The summed E-state index contributed by atoms with van der Waals surface area (Å²) in [6.45, 7) is 0.643. The maximum absolute atomic E-state index is 12.1. The van der Waals surface area contributed by atoms with Gasteiger partial charge in [-0.15, -0.1) is 0 Å². The fourth-order valence-electron chi connectivity index (χ4n) is 2.18. The summed E-state index contributed by atoms with van der Waals surface area (Å²) in [5.74, 6) is 0.516. The third-order valence-electron chi connectivity index (χ3n) is 3.42. The molecule has 0 bridgehead atoms. The largest absolute Gasteiger partial charge is 0.490 e. The summed E-state index contributed by atoms with van der Waals surface area (Å²) in [7, 11) is 1.59. The molecule has 0 saturated heterocycles. The van der Waals surface area contributed by atoms with E-state index in [1.165, 1.54) is 0 Å². The van der Waals surface area contributed by atoms with Gasteiger partial charge in [0.05, 0.1) is 24.3 Å². The van der Waals surface area contributed by atoms with Crippen molar-refractivity contribution >= 4 is 23.3 Å². The Morgan fingerprint density at radius 2 is 1.96 bits per heavy atom. The molecular weight excluding hydrogens is 344 g/mol. The zero-order chi connectivity index (χ0) is 18.1. The van der Waals surface area contributed by atoms with Crippen LogP contribution in [0.5, 0.6) is 5.75 Å². The number of urea groups is 1. The predicted octanol–water partition coefficient (Wildman–Crippen LogP) is 3.22. The molecule has 0 heterocycles. The van der Waals surface area contributed by atoms with Crippen molar-refractivity contribution in [3.05, 3.63) is 59.1 Å². The summed E-state index contributed by atoms with van der Waals surface area (Å²) in [6.07, 6.45) is 0. The molecule has 0 aromatic heterocycles. The Morgan fingerprint density at radius 3 is 2.60 bits per heavy atom. The first-order chi connectivity index (χ1) is 12.1. The number of hydrogen-bond acceptors (Lipinski definition) is 4. The van der Waals surface area contributed by atoms with Gasteiger partial charge in [0.15, 0.2) is 0 Å². The lowest BCUT2D eigenvalue weighted by Gasteiger charge is -2.17. The number of carbonyl (C=O) groups is 1. The van der Waals surface area contributed by atoms with Gasteiger partial charge in [-0.1, -0.05) is 41.9 Å². The number of halogens is 1. The fraction of sp³-hybridized carbons (Fsp3) is 0.278. The highest BCUT2D eigenvalue weighted by atomic mass is 35.5. The second-order valence-corrected chi connectivity index (χ2v) is 5.64. The van der Waals surface area contributed by atoms with Crippen LogP contribution in [0.15, 0.2) is 48.5 Å². The number of benzene rings is 2. The van der Waals surface area contributed by atoms with Gasteiger partial charge in [-0.25, -0.2) is 4.79 Å². The van der Waals surface area contributed by atoms with Crippen LogP contribution in [0.3, 0.4) is 0 Å². The fourth-order valence-corrected chi connectivity index (χ4v) is 2.41. The predicted molar refractivity (Wildman–Crippen MR) is 97.2 cm³/mol. The van der Waals surface area contributed by atoms with Gasteiger partial charge < -0.3 is 25.2 Å². The number of aliphatic hydroxyl groups is 1. The highest BCUT2D eigenvalue weighted by molar-refractivity contribution is 6.32. The average Bonchev–Trinajstić information content (AvgIpc) is 2.62. The molecule has 0 aliphatic rings. The van der Waals surface area contributed by atoms with E-state index in [0.717, 1.165) is 5.56 Å². The van der Waals surface area contributed by atoms with Crippen LogP contribution in [0, 0.1) is 0 Å². The summed E-state index contributed by atoms with van der Waals surface area (Å²) in [6, 6.07) is 13.3. The molecule has 0 aliphatic carbocycles. The number of nitrogens with one attached hydrogen (secondary N) is 2. The lowest BCUT2D eigenvalue weighted by atomic mass is 10.1. The molecule has 0 radical (unpaired) electrons. The van der Waals surface area contributed by atoms with Gasteiger partial charge in [-0.05, 0) is 23.8 Å². The first-order valence-electron chi connectivity index (χ1n) is 7.78. The molecule has 3 N–H and O–H groups in total. The molecule has 0 saturated carbocycles. The Labute approximate surface area is 151 Å². The number of anilines is 1. The van der Waals surface area contributed by atoms with Crippen molar-refractivity contribution in [2.75, 3.05) is 32.2 Å². The Morgan fingerprint density at radius 1 is 1.20 bits per heavy atom. The van der Waals surface area contributed by atoms with Gasteiger partial charge in [-0.2, -0.15) is 0 Å². The third-order valence-corrected chi connectivity index (χ3v) is 3.72. The van der Waals surface area contributed by atoms with Crippen LogP contribution in [0.2, 0.25) is 5.02 Å². The monoisotopic (exact) mass is 364 g/mol. The van der Waals surface area contributed by atoms with Crippen LogP contribution in [-0.2, 0) is 4.74 Å². The maximum Gasteiger partial charge on any atom is 0.319 e. The standard InChI is InChI=1S/C18H21ClN2O4/c1-24-9-10-25-17-8-7-14(11-15(17)19)20-18(23)21-16(12-22)13-5-3-2-4-6-13/h2-8,11,16,22H,9-10,12H2,1H3,(H2,20,21,23)/t16-/m1/s1. The van der Waals surface area contributed by atoms with Crippen LogP contribution in [-0.4, -0.2) is 38.1 Å². The van der Waals surface area contributed by atoms with Crippen molar-refractivity contribution in [1.29, 1.82) is 0 Å². The van der Waals surface area contributed by atoms with E-state index >= 15 is 0 Å². The molecule has 6 nitrogen and oxygen atoms in total. The van der Waals surface area contributed by atoms with E-state index in [9.17, 15) is 9.90 Å². The van der Waals surface area contributed by atoms with Crippen LogP contribution in [0.4, 0.5) is 10.5 Å². The van der Waals surface area contributed by atoms with Crippen molar-refractivity contribution < 1.29 is 19.4 Å². The van der Waals surface area contributed by atoms with Gasteiger partial charge in [0, 0.05) is 12.8 Å². The second-order valence-electron chi connectivity index (χ2n) is 5.23. The van der Waals surface area contributed by atoms with Crippen LogP contribution in [0.1, 0.15) is 11.6 Å². The van der Waals surface area contributed by atoms with Crippen molar-refractivity contribution in [2.24, 2.45) is 0 Å². The summed E-state index contributed by atoms with van der Waals surface area (Å²) in [4.78, 5) is 12.1. The first-order valence-corrected chi connectivity index (χ1v) is 8.16.